The number of halogens is 1. The van der Waals surface area contributed by atoms with Gasteiger partial charge in [-0.3, -0.25) is 24.2 Å². The maximum atomic E-state index is 13.8. The monoisotopic (exact) mass is 656 g/mol. The molecule has 2 aliphatic rings. The molecule has 4 heterocycles. The average Bonchev–Trinajstić information content (AvgIpc) is 3.49. The fourth-order valence-corrected chi connectivity index (χ4v) is 5.15. The number of rotatable bonds is 4. The van der Waals surface area contributed by atoms with Crippen LogP contribution in [0.4, 0.5) is 4.39 Å². The highest BCUT2D eigenvalue weighted by atomic mass is 19.1. The Morgan fingerprint density at radius 2 is 1.77 bits per heavy atom. The van der Waals surface area contributed by atoms with E-state index in [4.69, 9.17) is 4.74 Å². The summed E-state index contributed by atoms with van der Waals surface area (Å²) in [6.07, 6.45) is 2.23. The second kappa shape index (κ2) is 15.3. The summed E-state index contributed by atoms with van der Waals surface area (Å²) in [5.41, 5.74) is 1.36. The molecule has 2 aromatic heterocycles. The van der Waals surface area contributed by atoms with Crippen molar-refractivity contribution in [3.63, 3.8) is 0 Å². The third-order valence-corrected chi connectivity index (χ3v) is 7.66. The van der Waals surface area contributed by atoms with Gasteiger partial charge in [-0.2, -0.15) is 5.10 Å². The number of benzene rings is 2. The van der Waals surface area contributed by atoms with Crippen LogP contribution >= 0.6 is 0 Å². The van der Waals surface area contributed by atoms with E-state index >= 15 is 0 Å². The number of nitrogens with one attached hydrogen (secondary N) is 4. The van der Waals surface area contributed by atoms with Crippen molar-refractivity contribution in [2.75, 3.05) is 13.2 Å². The normalized spacial score (nSPS) is 19.4. The van der Waals surface area contributed by atoms with Crippen LogP contribution in [0.3, 0.4) is 0 Å². The van der Waals surface area contributed by atoms with Crippen LogP contribution in [0.15, 0.2) is 73.1 Å². The van der Waals surface area contributed by atoms with Crippen molar-refractivity contribution in [3.8, 4) is 17.1 Å². The van der Waals surface area contributed by atoms with Crippen LogP contribution in [-0.2, 0) is 27.3 Å². The van der Waals surface area contributed by atoms with Gasteiger partial charge < -0.3 is 26.0 Å². The highest BCUT2D eigenvalue weighted by Crippen LogP contribution is 2.20. The molecule has 0 fully saturated rings. The predicted molar refractivity (Wildman–Crippen MR) is 173 cm³/mol. The Morgan fingerprint density at radius 1 is 1.02 bits per heavy atom. The van der Waals surface area contributed by atoms with Crippen molar-refractivity contribution < 1.29 is 28.3 Å². The number of ether oxygens (including phenoxy) is 1. The van der Waals surface area contributed by atoms with E-state index in [1.54, 1.807) is 45.0 Å². The number of amides is 4. The van der Waals surface area contributed by atoms with E-state index in [9.17, 15) is 23.6 Å². The number of aromatic nitrogens is 4. The maximum Gasteiger partial charge on any atom is 0.253 e. The molecular weight excluding hydrogens is 619 g/mol. The molecule has 0 saturated heterocycles. The molecule has 250 valence electrons. The number of carbonyl (C=O) groups is 4. The molecule has 4 amide bonds. The molecule has 0 unspecified atom stereocenters. The van der Waals surface area contributed by atoms with Crippen molar-refractivity contribution in [2.24, 2.45) is 5.92 Å². The summed E-state index contributed by atoms with van der Waals surface area (Å²) >= 11 is 0. The molecule has 3 atom stereocenters. The molecule has 6 rings (SSSR count). The Kier molecular flexibility index (Phi) is 10.7. The van der Waals surface area contributed by atoms with E-state index in [1.165, 1.54) is 10.9 Å². The molecule has 0 spiro atoms. The van der Waals surface area contributed by atoms with Crippen molar-refractivity contribution in [3.05, 3.63) is 95.8 Å². The van der Waals surface area contributed by atoms with Gasteiger partial charge in [-0.05, 0) is 36.6 Å². The first kappa shape index (κ1) is 33.7. The number of hydrogen-bond donors (Lipinski definition) is 4. The summed E-state index contributed by atoms with van der Waals surface area (Å²) in [5, 5.41) is 15.8. The smallest absolute Gasteiger partial charge is 0.253 e. The Balaban J connectivity index is 1.45. The second-order valence-electron chi connectivity index (χ2n) is 11.7. The molecule has 2 aliphatic heterocycles. The highest BCUT2D eigenvalue weighted by Gasteiger charge is 2.31. The topological polar surface area (TPSA) is 169 Å². The lowest BCUT2D eigenvalue weighted by Gasteiger charge is -2.26. The predicted octanol–water partition coefficient (Wildman–Crippen LogP) is 2.35. The fourth-order valence-electron chi connectivity index (χ4n) is 5.15. The lowest BCUT2D eigenvalue weighted by Crippen LogP contribution is -2.56. The van der Waals surface area contributed by atoms with Crippen LogP contribution in [0, 0.1) is 11.7 Å². The van der Waals surface area contributed by atoms with Gasteiger partial charge in [-0.1, -0.05) is 56.3 Å². The summed E-state index contributed by atoms with van der Waals surface area (Å²) in [6, 6.07) is 14.3. The maximum absolute atomic E-state index is 13.8. The van der Waals surface area contributed by atoms with E-state index in [-0.39, 0.29) is 43.5 Å². The molecule has 13 nitrogen and oxygen atoms in total. The zero-order valence-electron chi connectivity index (χ0n) is 26.8. The van der Waals surface area contributed by atoms with Crippen LogP contribution in [0.2, 0.25) is 0 Å². The van der Waals surface area contributed by atoms with E-state index in [0.717, 1.165) is 17.8 Å². The zero-order valence-corrected chi connectivity index (χ0v) is 26.8. The molecule has 48 heavy (non-hydrogen) atoms. The van der Waals surface area contributed by atoms with Gasteiger partial charge in [0.05, 0.1) is 24.3 Å². The van der Waals surface area contributed by atoms with Gasteiger partial charge in [0.15, 0.2) is 5.82 Å². The molecular formula is C34H37FN8O5. The van der Waals surface area contributed by atoms with Gasteiger partial charge in [-0.25, -0.2) is 14.1 Å². The van der Waals surface area contributed by atoms with E-state index < -0.39 is 41.7 Å². The molecule has 2 bridgehead atoms. The van der Waals surface area contributed by atoms with Crippen LogP contribution in [0.1, 0.15) is 48.6 Å². The molecule has 0 saturated carbocycles. The van der Waals surface area contributed by atoms with Gasteiger partial charge in [0.2, 0.25) is 17.7 Å². The van der Waals surface area contributed by atoms with Crippen LogP contribution in [-0.4, -0.2) is 68.6 Å². The molecule has 4 aromatic rings. The van der Waals surface area contributed by atoms with E-state index in [2.05, 4.69) is 36.3 Å². The minimum atomic E-state index is -1.13. The Hall–Kier alpha value is -5.66. The number of pyridine rings is 1. The van der Waals surface area contributed by atoms with Crippen molar-refractivity contribution >= 4 is 23.6 Å². The summed E-state index contributed by atoms with van der Waals surface area (Å²) in [6.45, 7) is 5.52. The molecule has 0 aliphatic carbocycles. The van der Waals surface area contributed by atoms with Gasteiger partial charge in [-0.15, -0.1) is 0 Å². The van der Waals surface area contributed by atoms with Crippen LogP contribution in [0.5, 0.6) is 5.75 Å². The highest BCUT2D eigenvalue weighted by molar-refractivity contribution is 5.98. The largest absolute Gasteiger partial charge is 0.492 e. The molecule has 4 N–H and O–H groups in total. The first-order chi connectivity index (χ1) is 23.1. The Morgan fingerprint density at radius 3 is 2.48 bits per heavy atom. The quantitative estimate of drug-likeness (QED) is 0.260. The minimum absolute atomic E-state index is 0.0592. The Bertz CT molecular complexity index is 1760. The van der Waals surface area contributed by atoms with Crippen LogP contribution in [0.25, 0.3) is 11.4 Å². The van der Waals surface area contributed by atoms with E-state index in [0.29, 0.717) is 23.0 Å². The minimum Gasteiger partial charge on any atom is -0.492 e. The van der Waals surface area contributed by atoms with E-state index in [1.807, 2.05) is 30.3 Å². The number of hydrogen-bond acceptors (Lipinski definition) is 8. The second-order valence-corrected chi connectivity index (χ2v) is 11.7. The third kappa shape index (κ3) is 8.57. The number of nitrogens with zero attached hydrogens (tertiary/aromatic N) is 4. The zero-order chi connectivity index (χ0) is 34.2. The fraction of sp³-hybridized carbons (Fsp3) is 0.324. The number of fused-ring (bicyclic) bond motifs is 14. The summed E-state index contributed by atoms with van der Waals surface area (Å²) in [5.74, 6) is -1.94. The van der Waals surface area contributed by atoms with Gasteiger partial charge >= 0.3 is 0 Å². The molecule has 0 radical (unpaired) electrons. The van der Waals surface area contributed by atoms with Crippen molar-refractivity contribution in [2.45, 2.75) is 51.9 Å². The van der Waals surface area contributed by atoms with Gasteiger partial charge in [0.1, 0.15) is 42.6 Å². The summed E-state index contributed by atoms with van der Waals surface area (Å²) in [4.78, 5) is 61.9. The summed E-state index contributed by atoms with van der Waals surface area (Å²) in [7, 11) is 0. The third-order valence-electron chi connectivity index (χ3n) is 7.66. The number of carbonyl (C=O) groups excluding carboxylic acids is 4. The molecule has 14 heteroatoms. The Labute approximate surface area is 276 Å². The summed E-state index contributed by atoms with van der Waals surface area (Å²) < 4.78 is 21.0. The molecule has 2 aromatic carbocycles. The van der Waals surface area contributed by atoms with Gasteiger partial charge in [0.25, 0.3) is 5.91 Å². The van der Waals surface area contributed by atoms with Crippen molar-refractivity contribution in [1.29, 1.82) is 0 Å². The SMILES string of the molecule is CC(C)[C@H]1NC(=O)[C@@H](NC(=O)c2cncc(F)c2)Cc2ccc(cc2)OCCNC(=O)Cn2nc(-c3ccccc3)nc2[C@H](C)NC1=O. The average molecular weight is 657 g/mol. The first-order valence-corrected chi connectivity index (χ1v) is 15.6. The lowest BCUT2D eigenvalue weighted by atomic mass is 10.0. The standard InChI is InChI=1S/C34H37FN8O5/c1-20(2)29-34(47)38-21(3)31-41-30(23-7-5-4-6-8-23)42-43(31)19-28(44)37-13-14-48-26-11-9-22(10-12-26)15-27(33(46)40-29)39-32(45)24-16-25(35)18-36-17-24/h4-12,16-18,20-21,27,29H,13-15,19H2,1-3H3,(H,37,44)(H,38,47)(H,39,45)(H,40,46)/t21-,27-,29+/m0/s1. The lowest BCUT2D eigenvalue weighted by molar-refractivity contribution is -0.131. The first-order valence-electron chi connectivity index (χ1n) is 15.6. The van der Waals surface area contributed by atoms with Crippen LogP contribution < -0.4 is 26.0 Å². The van der Waals surface area contributed by atoms with Crippen molar-refractivity contribution in [1.82, 2.24) is 41.0 Å². The van der Waals surface area contributed by atoms with Gasteiger partial charge in [0, 0.05) is 18.2 Å².